The Hall–Kier alpha value is -1.44. The summed E-state index contributed by atoms with van der Waals surface area (Å²) in [5.41, 5.74) is 0. The Morgan fingerprint density at radius 2 is 1.14 bits per heavy atom. The zero-order chi connectivity index (χ0) is 21.0. The van der Waals surface area contributed by atoms with E-state index in [4.69, 9.17) is 0 Å². The lowest BCUT2D eigenvalue weighted by molar-refractivity contribution is 0.0897. The number of nitrogens with one attached hydrogen (secondary N) is 2. The molecule has 2 aliphatic rings. The van der Waals surface area contributed by atoms with Gasteiger partial charge in [-0.05, 0) is 65.5 Å². The van der Waals surface area contributed by atoms with Crippen LogP contribution in [-0.2, 0) is 0 Å². The number of hydrogen-bond donors (Lipinski definition) is 2. The fraction of sp³-hybridized carbons (Fsp3) is 0.727. The first-order valence-electron chi connectivity index (χ1n) is 11.0. The average molecular weight is 421 g/mol. The summed E-state index contributed by atoms with van der Waals surface area (Å²) in [5, 5.41) is 6.30. The fourth-order valence-corrected chi connectivity index (χ4v) is 5.03. The molecule has 0 spiro atoms. The highest BCUT2D eigenvalue weighted by atomic mass is 32.1. The Morgan fingerprint density at radius 3 is 1.45 bits per heavy atom. The molecule has 0 atom stereocenters. The van der Waals surface area contributed by atoms with Crippen molar-refractivity contribution in [3.63, 3.8) is 0 Å². The van der Waals surface area contributed by atoms with E-state index in [0.29, 0.717) is 21.8 Å². The normalized spacial score (nSPS) is 20.3. The molecule has 0 saturated carbocycles. The molecule has 0 aliphatic carbocycles. The molecule has 3 heterocycles. The fourth-order valence-electron chi connectivity index (χ4n) is 4.22. The third kappa shape index (κ3) is 6.03. The van der Waals surface area contributed by atoms with E-state index in [9.17, 15) is 9.59 Å². The van der Waals surface area contributed by atoms with E-state index in [-0.39, 0.29) is 23.9 Å². The molecule has 0 radical (unpaired) electrons. The quantitative estimate of drug-likeness (QED) is 0.743. The van der Waals surface area contributed by atoms with E-state index in [2.05, 4.69) is 48.1 Å². The number of piperidine rings is 2. The highest BCUT2D eigenvalue weighted by Crippen LogP contribution is 2.20. The first-order valence-corrected chi connectivity index (χ1v) is 11.8. The third-order valence-electron chi connectivity index (χ3n) is 6.24. The first kappa shape index (κ1) is 22.2. The highest BCUT2D eigenvalue weighted by molar-refractivity contribution is 7.15. The lowest BCUT2D eigenvalue weighted by Gasteiger charge is -2.34. The maximum atomic E-state index is 12.6. The lowest BCUT2D eigenvalue weighted by atomic mass is 10.0. The lowest BCUT2D eigenvalue weighted by Crippen LogP contribution is -2.46. The first-order chi connectivity index (χ1) is 13.8. The Morgan fingerprint density at radius 1 is 0.793 bits per heavy atom. The number of amides is 2. The molecule has 0 bridgehead atoms. The van der Waals surface area contributed by atoms with E-state index >= 15 is 0 Å². The zero-order valence-corrected chi connectivity index (χ0v) is 19.1. The van der Waals surface area contributed by atoms with Crippen LogP contribution < -0.4 is 10.6 Å². The Labute approximate surface area is 179 Å². The van der Waals surface area contributed by atoms with E-state index in [1.54, 1.807) is 12.1 Å². The number of hydrogen-bond acceptors (Lipinski definition) is 5. The number of thiophene rings is 1. The van der Waals surface area contributed by atoms with Gasteiger partial charge in [-0.1, -0.05) is 0 Å². The second-order valence-electron chi connectivity index (χ2n) is 8.92. The van der Waals surface area contributed by atoms with Crippen molar-refractivity contribution in [2.24, 2.45) is 0 Å². The molecular weight excluding hydrogens is 384 g/mol. The Kier molecular flexibility index (Phi) is 7.71. The molecule has 29 heavy (non-hydrogen) atoms. The topological polar surface area (TPSA) is 64.7 Å². The minimum atomic E-state index is -0.0534. The van der Waals surface area contributed by atoms with Crippen molar-refractivity contribution >= 4 is 23.2 Å². The molecule has 3 rings (SSSR count). The monoisotopic (exact) mass is 420 g/mol. The maximum Gasteiger partial charge on any atom is 0.261 e. The van der Waals surface area contributed by atoms with Gasteiger partial charge in [0.25, 0.3) is 11.8 Å². The summed E-state index contributed by atoms with van der Waals surface area (Å²) in [6.45, 7) is 12.9. The summed E-state index contributed by atoms with van der Waals surface area (Å²) in [6.07, 6.45) is 3.94. The second kappa shape index (κ2) is 10.0. The molecule has 0 unspecified atom stereocenters. The van der Waals surface area contributed by atoms with Crippen molar-refractivity contribution < 1.29 is 9.59 Å². The standard InChI is InChI=1S/C22H36N4O2S/c1-15(2)25-11-7-17(8-12-25)23-21(27)19-5-6-20(29-19)22(28)24-18-9-13-26(14-10-18)16(3)4/h5-6,15-18H,7-14H2,1-4H3,(H,23,27)(H,24,28). The van der Waals surface area contributed by atoms with Crippen molar-refractivity contribution in [1.82, 2.24) is 20.4 Å². The van der Waals surface area contributed by atoms with Gasteiger partial charge in [0.1, 0.15) is 0 Å². The predicted octanol–water partition coefficient (Wildman–Crippen LogP) is 2.95. The van der Waals surface area contributed by atoms with Crippen LogP contribution in [0.25, 0.3) is 0 Å². The van der Waals surface area contributed by atoms with Crippen molar-refractivity contribution in [2.75, 3.05) is 26.2 Å². The zero-order valence-electron chi connectivity index (χ0n) is 18.2. The molecule has 0 aromatic carbocycles. The van der Waals surface area contributed by atoms with Crippen LogP contribution in [0, 0.1) is 0 Å². The summed E-state index contributed by atoms with van der Waals surface area (Å²) in [5.74, 6) is -0.107. The summed E-state index contributed by atoms with van der Waals surface area (Å²) in [4.78, 5) is 31.3. The molecule has 162 valence electrons. The Balaban J connectivity index is 1.46. The number of carbonyl (C=O) groups excluding carboxylic acids is 2. The smallest absolute Gasteiger partial charge is 0.261 e. The van der Waals surface area contributed by atoms with Gasteiger partial charge in [-0.2, -0.15) is 0 Å². The number of nitrogens with zero attached hydrogens (tertiary/aromatic N) is 2. The molecule has 6 nitrogen and oxygen atoms in total. The molecule has 1 aromatic rings. The third-order valence-corrected chi connectivity index (χ3v) is 7.33. The highest BCUT2D eigenvalue weighted by Gasteiger charge is 2.25. The minimum absolute atomic E-state index is 0.0534. The van der Waals surface area contributed by atoms with E-state index in [1.165, 1.54) is 11.3 Å². The largest absolute Gasteiger partial charge is 0.349 e. The molecule has 2 aliphatic heterocycles. The van der Waals surface area contributed by atoms with Gasteiger partial charge < -0.3 is 20.4 Å². The van der Waals surface area contributed by atoms with Crippen molar-refractivity contribution in [3.05, 3.63) is 21.9 Å². The molecular formula is C22H36N4O2S. The molecule has 2 N–H and O–H groups in total. The van der Waals surface area contributed by atoms with Gasteiger partial charge in [0.2, 0.25) is 0 Å². The molecule has 2 saturated heterocycles. The number of rotatable bonds is 6. The molecule has 2 fully saturated rings. The van der Waals surface area contributed by atoms with Crippen LogP contribution in [0.5, 0.6) is 0 Å². The van der Waals surface area contributed by atoms with Crippen molar-refractivity contribution in [3.8, 4) is 0 Å². The second-order valence-corrected chi connectivity index (χ2v) is 10.0. The van der Waals surface area contributed by atoms with E-state index in [0.717, 1.165) is 51.9 Å². The van der Waals surface area contributed by atoms with Gasteiger partial charge in [0, 0.05) is 50.3 Å². The average Bonchev–Trinajstić information content (AvgIpc) is 3.19. The summed E-state index contributed by atoms with van der Waals surface area (Å²) in [7, 11) is 0. The van der Waals surface area contributed by atoms with Crippen molar-refractivity contribution in [2.45, 2.75) is 77.5 Å². The summed E-state index contributed by atoms with van der Waals surface area (Å²) < 4.78 is 0. The van der Waals surface area contributed by atoms with Gasteiger partial charge >= 0.3 is 0 Å². The van der Waals surface area contributed by atoms with E-state index < -0.39 is 0 Å². The molecule has 1 aromatic heterocycles. The van der Waals surface area contributed by atoms with Gasteiger partial charge in [-0.3, -0.25) is 9.59 Å². The van der Waals surface area contributed by atoms with E-state index in [1.807, 2.05) is 0 Å². The van der Waals surface area contributed by atoms with Gasteiger partial charge in [-0.25, -0.2) is 0 Å². The van der Waals surface area contributed by atoms with Crippen LogP contribution in [0.4, 0.5) is 0 Å². The minimum Gasteiger partial charge on any atom is -0.349 e. The van der Waals surface area contributed by atoms with Gasteiger partial charge in [0.15, 0.2) is 0 Å². The molecule has 7 heteroatoms. The Bertz CT molecular complexity index is 630. The number of carbonyl (C=O) groups is 2. The predicted molar refractivity (Wildman–Crippen MR) is 119 cm³/mol. The van der Waals surface area contributed by atoms with Crippen molar-refractivity contribution in [1.29, 1.82) is 0 Å². The van der Waals surface area contributed by atoms with Crippen LogP contribution in [0.2, 0.25) is 0 Å². The maximum absolute atomic E-state index is 12.6. The summed E-state index contributed by atoms with van der Waals surface area (Å²) >= 11 is 1.29. The number of likely N-dealkylation sites (tertiary alicyclic amines) is 2. The molecule has 2 amide bonds. The van der Waals surface area contributed by atoms with Crippen LogP contribution in [0.15, 0.2) is 12.1 Å². The summed E-state index contributed by atoms with van der Waals surface area (Å²) in [6, 6.07) is 5.12. The van der Waals surface area contributed by atoms with Crippen LogP contribution >= 0.6 is 11.3 Å². The SMILES string of the molecule is CC(C)N1CCC(NC(=O)c2ccc(C(=O)NC3CCN(C(C)C)CC3)s2)CC1. The van der Waals surface area contributed by atoms with Crippen LogP contribution in [0.3, 0.4) is 0 Å². The van der Waals surface area contributed by atoms with Crippen LogP contribution in [0.1, 0.15) is 72.7 Å². The van der Waals surface area contributed by atoms with Gasteiger partial charge in [-0.15, -0.1) is 11.3 Å². The van der Waals surface area contributed by atoms with Crippen LogP contribution in [-0.4, -0.2) is 72.0 Å². The van der Waals surface area contributed by atoms with Gasteiger partial charge in [0.05, 0.1) is 9.75 Å².